The third-order valence-electron chi connectivity index (χ3n) is 5.19. The lowest BCUT2D eigenvalue weighted by Crippen LogP contribution is -2.42. The molecule has 1 aromatic heterocycles. The Hall–Kier alpha value is -3.17. The van der Waals surface area contributed by atoms with E-state index in [4.69, 9.17) is 11.6 Å². The van der Waals surface area contributed by atoms with Crippen LogP contribution in [0, 0.1) is 17.1 Å². The van der Waals surface area contributed by atoms with E-state index in [1.165, 1.54) is 12.1 Å². The van der Waals surface area contributed by atoms with Crippen LogP contribution < -0.4 is 5.32 Å². The van der Waals surface area contributed by atoms with Gasteiger partial charge in [-0.3, -0.25) is 9.78 Å². The van der Waals surface area contributed by atoms with Crippen molar-refractivity contribution in [3.05, 3.63) is 70.6 Å². The molecule has 1 amide bonds. The van der Waals surface area contributed by atoms with Gasteiger partial charge in [-0.1, -0.05) is 23.7 Å². The number of piperidine rings is 1. The molecule has 3 aromatic rings. The average molecular weight is 409 g/mol. The van der Waals surface area contributed by atoms with Crippen LogP contribution in [0.3, 0.4) is 0 Å². The third-order valence-corrected chi connectivity index (χ3v) is 5.42. The molecule has 1 fully saturated rings. The van der Waals surface area contributed by atoms with Gasteiger partial charge in [0.05, 0.1) is 22.3 Å². The van der Waals surface area contributed by atoms with Gasteiger partial charge in [-0.15, -0.1) is 0 Å². The number of aromatic nitrogens is 1. The summed E-state index contributed by atoms with van der Waals surface area (Å²) in [6.45, 7) is 1.02. The van der Waals surface area contributed by atoms with Crippen molar-refractivity contribution in [2.24, 2.45) is 0 Å². The lowest BCUT2D eigenvalue weighted by Gasteiger charge is -2.33. The molecule has 29 heavy (non-hydrogen) atoms. The zero-order chi connectivity index (χ0) is 20.4. The minimum atomic E-state index is -0.503. The molecule has 0 radical (unpaired) electrons. The number of amides is 1. The van der Waals surface area contributed by atoms with Crippen LogP contribution in [0.4, 0.5) is 10.1 Å². The number of anilines is 1. The SMILES string of the molecule is N#Cc1cnc2ccc(Cl)cc2c1NC1CCN(C(=O)c2ccccc2F)CC1. The molecule has 0 atom stereocenters. The lowest BCUT2D eigenvalue weighted by atomic mass is 10.0. The Kier molecular flexibility index (Phi) is 5.32. The maximum Gasteiger partial charge on any atom is 0.256 e. The van der Waals surface area contributed by atoms with Crippen molar-refractivity contribution in [3.63, 3.8) is 0 Å². The Morgan fingerprint density at radius 3 is 2.72 bits per heavy atom. The third kappa shape index (κ3) is 3.87. The van der Waals surface area contributed by atoms with Crippen molar-refractivity contribution < 1.29 is 9.18 Å². The molecule has 0 aliphatic carbocycles. The van der Waals surface area contributed by atoms with E-state index in [-0.39, 0.29) is 17.5 Å². The Bertz CT molecular complexity index is 1120. The maximum absolute atomic E-state index is 13.9. The molecule has 1 N–H and O–H groups in total. The summed E-state index contributed by atoms with van der Waals surface area (Å²) >= 11 is 6.14. The first-order valence-electron chi connectivity index (χ1n) is 9.35. The Morgan fingerprint density at radius 1 is 1.24 bits per heavy atom. The first kappa shape index (κ1) is 19.2. The van der Waals surface area contributed by atoms with Gasteiger partial charge in [0.25, 0.3) is 5.91 Å². The first-order chi connectivity index (χ1) is 14.1. The van der Waals surface area contributed by atoms with Crippen LogP contribution in [0.2, 0.25) is 5.02 Å². The number of hydrogen-bond acceptors (Lipinski definition) is 4. The average Bonchev–Trinajstić information content (AvgIpc) is 2.74. The molecule has 146 valence electrons. The van der Waals surface area contributed by atoms with Crippen molar-refractivity contribution >= 4 is 34.1 Å². The molecule has 0 bridgehead atoms. The van der Waals surface area contributed by atoms with Crippen molar-refractivity contribution in [2.45, 2.75) is 18.9 Å². The van der Waals surface area contributed by atoms with E-state index in [0.29, 0.717) is 42.2 Å². The predicted octanol–water partition coefficient (Wildman–Crippen LogP) is 4.62. The fourth-order valence-electron chi connectivity index (χ4n) is 3.64. The fourth-order valence-corrected chi connectivity index (χ4v) is 3.81. The number of rotatable bonds is 3. The highest BCUT2D eigenvalue weighted by atomic mass is 35.5. The van der Waals surface area contributed by atoms with Crippen molar-refractivity contribution in [1.82, 2.24) is 9.88 Å². The number of nitriles is 1. The fraction of sp³-hybridized carbons (Fsp3) is 0.227. The van der Waals surface area contributed by atoms with Crippen molar-refractivity contribution in [2.75, 3.05) is 18.4 Å². The second-order valence-corrected chi connectivity index (χ2v) is 7.45. The molecule has 1 aliphatic rings. The molecule has 7 heteroatoms. The highest BCUT2D eigenvalue weighted by molar-refractivity contribution is 6.31. The molecule has 1 aliphatic heterocycles. The summed E-state index contributed by atoms with van der Waals surface area (Å²) in [5, 5.41) is 14.3. The number of halogens is 2. The van der Waals surface area contributed by atoms with Crippen molar-refractivity contribution in [1.29, 1.82) is 5.26 Å². The highest BCUT2D eigenvalue weighted by Gasteiger charge is 2.26. The number of carbonyl (C=O) groups is 1. The van der Waals surface area contributed by atoms with Gasteiger partial charge >= 0.3 is 0 Å². The molecule has 4 rings (SSSR count). The summed E-state index contributed by atoms with van der Waals surface area (Å²) in [5.74, 6) is -0.794. The normalized spacial score (nSPS) is 14.6. The minimum Gasteiger partial charge on any atom is -0.381 e. The summed E-state index contributed by atoms with van der Waals surface area (Å²) < 4.78 is 13.9. The van der Waals surface area contributed by atoms with Gasteiger partial charge < -0.3 is 10.2 Å². The molecular formula is C22H18ClFN4O. The number of benzene rings is 2. The van der Waals surface area contributed by atoms with E-state index in [9.17, 15) is 14.4 Å². The number of nitrogens with one attached hydrogen (secondary N) is 1. The van der Waals surface area contributed by atoms with Gasteiger partial charge in [-0.2, -0.15) is 5.26 Å². The summed E-state index contributed by atoms with van der Waals surface area (Å²) in [7, 11) is 0. The predicted molar refractivity (Wildman–Crippen MR) is 110 cm³/mol. The molecule has 5 nitrogen and oxygen atoms in total. The van der Waals surface area contributed by atoms with Crippen LogP contribution in [0.5, 0.6) is 0 Å². The lowest BCUT2D eigenvalue weighted by molar-refractivity contribution is 0.0714. The number of carbonyl (C=O) groups excluding carboxylic acids is 1. The summed E-state index contributed by atoms with van der Waals surface area (Å²) in [4.78, 5) is 18.6. The summed E-state index contributed by atoms with van der Waals surface area (Å²) in [6, 6.07) is 13.7. The molecule has 0 unspecified atom stereocenters. The Balaban J connectivity index is 1.51. The van der Waals surface area contributed by atoms with E-state index in [2.05, 4.69) is 16.4 Å². The standard InChI is InChI=1S/C22H18ClFN4O/c23-15-5-6-20-18(11-15)21(14(12-25)13-26-20)27-16-7-9-28(10-8-16)22(29)17-3-1-2-4-19(17)24/h1-6,11,13,16H,7-10H2,(H,26,27). The van der Waals surface area contributed by atoms with Crippen LogP contribution in [-0.2, 0) is 0 Å². The van der Waals surface area contributed by atoms with E-state index in [1.807, 2.05) is 6.07 Å². The van der Waals surface area contributed by atoms with Crippen LogP contribution in [-0.4, -0.2) is 34.9 Å². The van der Waals surface area contributed by atoms with Crippen molar-refractivity contribution in [3.8, 4) is 6.07 Å². The van der Waals surface area contributed by atoms with Gasteiger partial charge in [0.1, 0.15) is 11.9 Å². The topological polar surface area (TPSA) is 69.0 Å². The van der Waals surface area contributed by atoms with Gasteiger partial charge in [-0.05, 0) is 43.2 Å². The Morgan fingerprint density at radius 2 is 2.00 bits per heavy atom. The second kappa shape index (κ2) is 8.06. The molecule has 0 spiro atoms. The van der Waals surface area contributed by atoms with E-state index >= 15 is 0 Å². The van der Waals surface area contributed by atoms with E-state index in [1.54, 1.807) is 35.4 Å². The van der Waals surface area contributed by atoms with Crippen LogP contribution in [0.15, 0.2) is 48.7 Å². The molecule has 0 saturated carbocycles. The molecule has 2 aromatic carbocycles. The minimum absolute atomic E-state index is 0.0800. The Labute approximate surface area is 172 Å². The monoisotopic (exact) mass is 408 g/mol. The summed E-state index contributed by atoms with van der Waals surface area (Å²) in [6.07, 6.45) is 2.93. The van der Waals surface area contributed by atoms with Gasteiger partial charge in [0.2, 0.25) is 0 Å². The quantitative estimate of drug-likeness (QED) is 0.686. The van der Waals surface area contributed by atoms with Crippen LogP contribution >= 0.6 is 11.6 Å². The zero-order valence-corrected chi connectivity index (χ0v) is 16.3. The second-order valence-electron chi connectivity index (χ2n) is 7.01. The van der Waals surface area contributed by atoms with Crippen LogP contribution in [0.1, 0.15) is 28.8 Å². The number of pyridine rings is 1. The van der Waals surface area contributed by atoms with Gasteiger partial charge in [-0.25, -0.2) is 4.39 Å². The zero-order valence-electron chi connectivity index (χ0n) is 15.5. The van der Waals surface area contributed by atoms with Gasteiger partial charge in [0.15, 0.2) is 0 Å². The smallest absolute Gasteiger partial charge is 0.256 e. The van der Waals surface area contributed by atoms with E-state index < -0.39 is 5.82 Å². The maximum atomic E-state index is 13.9. The number of nitrogens with zero attached hydrogens (tertiary/aromatic N) is 3. The van der Waals surface area contributed by atoms with Gasteiger partial charge in [0, 0.05) is 35.7 Å². The first-order valence-corrected chi connectivity index (χ1v) is 9.73. The number of fused-ring (bicyclic) bond motifs is 1. The number of hydrogen-bond donors (Lipinski definition) is 1. The largest absolute Gasteiger partial charge is 0.381 e. The van der Waals surface area contributed by atoms with E-state index in [0.717, 1.165) is 10.9 Å². The summed E-state index contributed by atoms with van der Waals surface area (Å²) in [5.41, 5.74) is 2.01. The van der Waals surface area contributed by atoms with Crippen LogP contribution in [0.25, 0.3) is 10.9 Å². The molecule has 2 heterocycles. The number of likely N-dealkylation sites (tertiary alicyclic amines) is 1. The molecule has 1 saturated heterocycles. The highest BCUT2D eigenvalue weighted by Crippen LogP contribution is 2.30. The molecular weight excluding hydrogens is 391 g/mol.